The summed E-state index contributed by atoms with van der Waals surface area (Å²) >= 11 is 0. The molecule has 0 aliphatic heterocycles. The van der Waals surface area contributed by atoms with Crippen LogP contribution in [0, 0.1) is 5.41 Å². The zero-order valence-corrected chi connectivity index (χ0v) is 16.1. The zero-order chi connectivity index (χ0) is 18.6. The van der Waals surface area contributed by atoms with E-state index in [1.54, 1.807) is 41.5 Å². The number of allylic oxidation sites excluding steroid dienone is 1. The molecule has 0 saturated heterocycles. The van der Waals surface area contributed by atoms with Crippen LogP contribution in [0.4, 0.5) is 9.59 Å². The first-order chi connectivity index (χ1) is 10.9. The van der Waals surface area contributed by atoms with E-state index in [-0.39, 0.29) is 5.41 Å². The maximum Gasteiger partial charge on any atom is 0.419 e. The van der Waals surface area contributed by atoms with Crippen LogP contribution >= 0.6 is 0 Å². The van der Waals surface area contributed by atoms with Crippen LogP contribution in [-0.4, -0.2) is 34.8 Å². The van der Waals surface area contributed by atoms with E-state index < -0.39 is 23.4 Å². The topological polar surface area (TPSA) is 55.8 Å². The summed E-state index contributed by atoms with van der Waals surface area (Å²) in [5, 5.41) is 0. The normalized spacial score (nSPS) is 16.8. The molecule has 1 aliphatic carbocycles. The van der Waals surface area contributed by atoms with E-state index in [2.05, 4.69) is 6.58 Å². The fraction of sp³-hybridized carbons (Fsp3) is 0.789. The summed E-state index contributed by atoms with van der Waals surface area (Å²) in [7, 11) is 0. The highest BCUT2D eigenvalue weighted by molar-refractivity contribution is 5.88. The molecule has 0 N–H and O–H groups in total. The van der Waals surface area contributed by atoms with Gasteiger partial charge >= 0.3 is 12.2 Å². The van der Waals surface area contributed by atoms with Gasteiger partial charge in [0, 0.05) is 6.54 Å². The average molecular weight is 339 g/mol. The largest absolute Gasteiger partial charge is 0.443 e. The second kappa shape index (κ2) is 7.58. The summed E-state index contributed by atoms with van der Waals surface area (Å²) in [6, 6.07) is 0. The van der Waals surface area contributed by atoms with E-state index in [9.17, 15) is 9.59 Å². The Morgan fingerprint density at radius 3 is 1.79 bits per heavy atom. The van der Waals surface area contributed by atoms with Crippen molar-refractivity contribution in [3.63, 3.8) is 0 Å². The second-order valence-electron chi connectivity index (χ2n) is 8.71. The van der Waals surface area contributed by atoms with E-state index in [0.29, 0.717) is 6.54 Å². The van der Waals surface area contributed by atoms with Gasteiger partial charge in [-0.2, -0.15) is 0 Å². The van der Waals surface area contributed by atoms with Crippen molar-refractivity contribution in [3.05, 3.63) is 12.7 Å². The Morgan fingerprint density at radius 2 is 1.50 bits per heavy atom. The second-order valence-corrected chi connectivity index (χ2v) is 8.71. The Hall–Kier alpha value is -1.52. The standard InChI is InChI=1S/C19H33NO4/c1-8-10-19(11-9-12-19)13-14-20(15(21)23-17(2,3)4)16(22)24-18(5,6)7/h8H,1,9-14H2,2-7H3. The lowest BCUT2D eigenvalue weighted by atomic mass is 9.64. The predicted octanol–water partition coefficient (Wildman–Crippen LogP) is 5.30. The Balaban J connectivity index is 2.82. The Labute approximate surface area is 146 Å². The third-order valence-electron chi connectivity index (χ3n) is 4.09. The minimum absolute atomic E-state index is 0.157. The number of ether oxygens (including phenoxy) is 2. The highest BCUT2D eigenvalue weighted by Crippen LogP contribution is 2.47. The van der Waals surface area contributed by atoms with Gasteiger partial charge < -0.3 is 9.47 Å². The zero-order valence-electron chi connectivity index (χ0n) is 16.1. The molecule has 5 heteroatoms. The quantitative estimate of drug-likeness (QED) is 0.638. The lowest BCUT2D eigenvalue weighted by Crippen LogP contribution is -2.45. The molecule has 1 rings (SSSR count). The van der Waals surface area contributed by atoms with Gasteiger partial charge in [0.15, 0.2) is 0 Å². The number of amides is 2. The van der Waals surface area contributed by atoms with Gasteiger partial charge in [0.25, 0.3) is 0 Å². The molecular weight excluding hydrogens is 306 g/mol. The molecule has 138 valence electrons. The number of rotatable bonds is 5. The van der Waals surface area contributed by atoms with E-state index >= 15 is 0 Å². The molecule has 0 aromatic rings. The van der Waals surface area contributed by atoms with Crippen molar-refractivity contribution in [3.8, 4) is 0 Å². The summed E-state index contributed by atoms with van der Waals surface area (Å²) in [5.41, 5.74) is -1.16. The molecule has 0 atom stereocenters. The maximum atomic E-state index is 12.4. The molecule has 5 nitrogen and oxygen atoms in total. The first-order valence-corrected chi connectivity index (χ1v) is 8.72. The minimum Gasteiger partial charge on any atom is -0.443 e. The van der Waals surface area contributed by atoms with Crippen molar-refractivity contribution < 1.29 is 19.1 Å². The number of carbonyl (C=O) groups is 2. The van der Waals surface area contributed by atoms with Gasteiger partial charge in [0.05, 0.1) is 0 Å². The van der Waals surface area contributed by atoms with Gasteiger partial charge in [0.2, 0.25) is 0 Å². The van der Waals surface area contributed by atoms with Crippen LogP contribution in [0.5, 0.6) is 0 Å². The van der Waals surface area contributed by atoms with Crippen LogP contribution in [0.3, 0.4) is 0 Å². The van der Waals surface area contributed by atoms with Gasteiger partial charge in [-0.3, -0.25) is 0 Å². The third kappa shape index (κ3) is 6.54. The number of carbonyl (C=O) groups excluding carboxylic acids is 2. The molecule has 0 spiro atoms. The molecule has 0 heterocycles. The van der Waals surface area contributed by atoms with E-state index in [4.69, 9.17) is 9.47 Å². The first kappa shape index (κ1) is 20.5. The maximum absolute atomic E-state index is 12.4. The van der Waals surface area contributed by atoms with Gasteiger partial charge in [-0.15, -0.1) is 6.58 Å². The van der Waals surface area contributed by atoms with E-state index in [1.165, 1.54) is 6.42 Å². The van der Waals surface area contributed by atoms with Crippen LogP contribution in [0.25, 0.3) is 0 Å². The average Bonchev–Trinajstić information content (AvgIpc) is 2.31. The molecule has 1 saturated carbocycles. The van der Waals surface area contributed by atoms with Crippen molar-refractivity contribution in [2.24, 2.45) is 5.41 Å². The molecule has 0 radical (unpaired) electrons. The van der Waals surface area contributed by atoms with E-state index in [1.807, 2.05) is 6.08 Å². The smallest absolute Gasteiger partial charge is 0.419 e. The van der Waals surface area contributed by atoms with Crippen LogP contribution in [0.15, 0.2) is 12.7 Å². The fourth-order valence-electron chi connectivity index (χ4n) is 2.78. The van der Waals surface area contributed by atoms with E-state index in [0.717, 1.165) is 30.6 Å². The van der Waals surface area contributed by atoms with Crippen LogP contribution < -0.4 is 0 Å². The fourth-order valence-corrected chi connectivity index (χ4v) is 2.78. The summed E-state index contributed by atoms with van der Waals surface area (Å²) in [5.74, 6) is 0. The number of imide groups is 1. The van der Waals surface area contributed by atoms with Crippen LogP contribution in [0.2, 0.25) is 0 Å². The molecule has 0 aromatic carbocycles. The van der Waals surface area contributed by atoms with Crippen molar-refractivity contribution in [1.29, 1.82) is 0 Å². The lowest BCUT2D eigenvalue weighted by molar-refractivity contribution is -0.00344. The predicted molar refractivity (Wildman–Crippen MR) is 94.9 cm³/mol. The molecule has 1 fully saturated rings. The highest BCUT2D eigenvalue weighted by Gasteiger charge is 2.38. The Kier molecular flexibility index (Phi) is 6.48. The highest BCUT2D eigenvalue weighted by atomic mass is 16.6. The van der Waals surface area contributed by atoms with Crippen LogP contribution in [0.1, 0.15) is 73.6 Å². The van der Waals surface area contributed by atoms with Crippen molar-refractivity contribution in [2.45, 2.75) is 84.8 Å². The van der Waals surface area contributed by atoms with Gasteiger partial charge in [0.1, 0.15) is 11.2 Å². The number of hydrogen-bond donors (Lipinski definition) is 0. The molecule has 24 heavy (non-hydrogen) atoms. The minimum atomic E-state index is -0.660. The lowest BCUT2D eigenvalue weighted by Gasteiger charge is -2.42. The number of hydrogen-bond acceptors (Lipinski definition) is 4. The van der Waals surface area contributed by atoms with Crippen molar-refractivity contribution in [2.75, 3.05) is 6.54 Å². The summed E-state index contributed by atoms with van der Waals surface area (Å²) in [6.45, 7) is 14.8. The Bertz CT molecular complexity index is 439. The van der Waals surface area contributed by atoms with Gasteiger partial charge in [-0.05, 0) is 72.6 Å². The first-order valence-electron chi connectivity index (χ1n) is 8.72. The molecule has 1 aliphatic rings. The van der Waals surface area contributed by atoms with Gasteiger partial charge in [-0.1, -0.05) is 12.5 Å². The van der Waals surface area contributed by atoms with Crippen molar-refractivity contribution >= 4 is 12.2 Å². The molecular formula is C19H33NO4. The molecule has 0 unspecified atom stereocenters. The SMILES string of the molecule is C=CCC1(CCN(C(=O)OC(C)(C)C)C(=O)OC(C)(C)C)CCC1. The van der Waals surface area contributed by atoms with Gasteiger partial charge in [-0.25, -0.2) is 14.5 Å². The van der Waals surface area contributed by atoms with Crippen molar-refractivity contribution in [1.82, 2.24) is 4.90 Å². The van der Waals surface area contributed by atoms with Crippen LogP contribution in [-0.2, 0) is 9.47 Å². The summed E-state index contributed by atoms with van der Waals surface area (Å²) < 4.78 is 10.8. The summed E-state index contributed by atoms with van der Waals surface area (Å²) in [4.78, 5) is 26.0. The molecule has 0 aromatic heterocycles. The Morgan fingerprint density at radius 1 is 1.04 bits per heavy atom. The number of nitrogens with zero attached hydrogens (tertiary/aromatic N) is 1. The summed E-state index contributed by atoms with van der Waals surface area (Å²) in [6.07, 6.45) is 5.68. The molecule has 2 amide bonds. The monoisotopic (exact) mass is 339 g/mol. The molecule has 0 bridgehead atoms. The third-order valence-corrected chi connectivity index (χ3v) is 4.09.